The SMILES string of the molecule is O=C(O)c1nn(-c2cc(F)cc([N+](=O)[O-])c2)cc1O. The molecule has 1 aromatic carbocycles. The number of hydrogen-bond acceptors (Lipinski definition) is 5. The van der Waals surface area contributed by atoms with E-state index < -0.39 is 33.8 Å². The quantitative estimate of drug-likeness (QED) is 0.639. The molecule has 0 bridgehead atoms. The van der Waals surface area contributed by atoms with Gasteiger partial charge in [0.2, 0.25) is 5.69 Å². The summed E-state index contributed by atoms with van der Waals surface area (Å²) in [6.45, 7) is 0. The van der Waals surface area contributed by atoms with Gasteiger partial charge in [-0.05, 0) is 0 Å². The number of carboxylic acids is 1. The highest BCUT2D eigenvalue weighted by Crippen LogP contribution is 2.22. The first-order chi connectivity index (χ1) is 8.88. The topological polar surface area (TPSA) is 118 Å². The van der Waals surface area contributed by atoms with Gasteiger partial charge in [0, 0.05) is 12.1 Å². The van der Waals surface area contributed by atoms with Crippen molar-refractivity contribution in [1.29, 1.82) is 0 Å². The van der Waals surface area contributed by atoms with Crippen LogP contribution in [-0.2, 0) is 0 Å². The van der Waals surface area contributed by atoms with Crippen LogP contribution in [0.4, 0.5) is 10.1 Å². The molecule has 2 rings (SSSR count). The highest BCUT2D eigenvalue weighted by Gasteiger charge is 2.17. The fraction of sp³-hybridized carbons (Fsp3) is 0. The summed E-state index contributed by atoms with van der Waals surface area (Å²) in [4.78, 5) is 20.5. The molecule has 0 saturated heterocycles. The fourth-order valence-electron chi connectivity index (χ4n) is 1.45. The lowest BCUT2D eigenvalue weighted by atomic mass is 10.2. The van der Waals surface area contributed by atoms with Crippen LogP contribution < -0.4 is 0 Å². The molecule has 0 radical (unpaired) electrons. The Bertz CT molecular complexity index is 682. The van der Waals surface area contributed by atoms with Crippen LogP contribution in [0.5, 0.6) is 5.75 Å². The standard InChI is InChI=1S/C10H6FN3O5/c11-5-1-6(3-7(2-5)14(18)19)13-4-8(15)9(12-13)10(16)17/h1-4,15H,(H,16,17). The zero-order chi connectivity index (χ0) is 14.2. The number of carbonyl (C=O) groups is 1. The average molecular weight is 267 g/mol. The maximum Gasteiger partial charge on any atom is 0.360 e. The molecule has 8 nitrogen and oxygen atoms in total. The summed E-state index contributed by atoms with van der Waals surface area (Å²) in [6, 6.07) is 2.64. The molecule has 1 heterocycles. The Hall–Kier alpha value is -2.97. The third-order valence-electron chi connectivity index (χ3n) is 2.24. The molecule has 98 valence electrons. The Kier molecular flexibility index (Phi) is 2.87. The number of aromatic hydroxyl groups is 1. The maximum absolute atomic E-state index is 13.2. The van der Waals surface area contributed by atoms with Crippen LogP contribution in [0.3, 0.4) is 0 Å². The number of hydrogen-bond donors (Lipinski definition) is 2. The molecule has 0 aliphatic carbocycles. The van der Waals surface area contributed by atoms with E-state index in [1.165, 1.54) is 0 Å². The molecule has 0 atom stereocenters. The number of rotatable bonds is 3. The second-order valence-corrected chi connectivity index (χ2v) is 3.54. The van der Waals surface area contributed by atoms with E-state index in [1.807, 2.05) is 0 Å². The van der Waals surface area contributed by atoms with Crippen LogP contribution in [0.2, 0.25) is 0 Å². The minimum Gasteiger partial charge on any atom is -0.504 e. The lowest BCUT2D eigenvalue weighted by Crippen LogP contribution is -2.02. The van der Waals surface area contributed by atoms with E-state index >= 15 is 0 Å². The highest BCUT2D eigenvalue weighted by atomic mass is 19.1. The van der Waals surface area contributed by atoms with Crippen molar-refractivity contribution in [1.82, 2.24) is 9.78 Å². The van der Waals surface area contributed by atoms with Gasteiger partial charge in [0.15, 0.2) is 5.75 Å². The molecule has 2 N–H and O–H groups in total. The van der Waals surface area contributed by atoms with Gasteiger partial charge in [0.1, 0.15) is 5.82 Å². The third kappa shape index (κ3) is 2.34. The Morgan fingerprint density at radius 3 is 2.63 bits per heavy atom. The van der Waals surface area contributed by atoms with Gasteiger partial charge in [-0.15, -0.1) is 0 Å². The van der Waals surface area contributed by atoms with E-state index in [2.05, 4.69) is 5.10 Å². The van der Waals surface area contributed by atoms with Crippen molar-refractivity contribution in [3.05, 3.63) is 46.0 Å². The molecule has 19 heavy (non-hydrogen) atoms. The number of nitro groups is 1. The van der Waals surface area contributed by atoms with Crippen molar-refractivity contribution in [2.45, 2.75) is 0 Å². The zero-order valence-corrected chi connectivity index (χ0v) is 9.15. The van der Waals surface area contributed by atoms with Gasteiger partial charge in [0.25, 0.3) is 5.69 Å². The summed E-state index contributed by atoms with van der Waals surface area (Å²) in [6.07, 6.45) is 0.919. The summed E-state index contributed by atoms with van der Waals surface area (Å²) in [5.74, 6) is -2.97. The number of halogens is 1. The van der Waals surface area contributed by atoms with Crippen LogP contribution in [-0.4, -0.2) is 30.9 Å². The van der Waals surface area contributed by atoms with Crippen molar-refractivity contribution < 1.29 is 24.3 Å². The molecule has 0 aliphatic rings. The van der Waals surface area contributed by atoms with Gasteiger partial charge in [-0.3, -0.25) is 10.1 Å². The van der Waals surface area contributed by atoms with E-state index in [0.717, 1.165) is 23.0 Å². The first-order valence-corrected chi connectivity index (χ1v) is 4.86. The Balaban J connectivity index is 2.55. The molecule has 0 amide bonds. The smallest absolute Gasteiger partial charge is 0.360 e. The molecule has 0 aliphatic heterocycles. The van der Waals surface area contributed by atoms with Crippen LogP contribution in [0, 0.1) is 15.9 Å². The van der Waals surface area contributed by atoms with Crippen LogP contribution in [0.15, 0.2) is 24.4 Å². The fourth-order valence-corrected chi connectivity index (χ4v) is 1.45. The van der Waals surface area contributed by atoms with Gasteiger partial charge in [0.05, 0.1) is 22.9 Å². The second kappa shape index (κ2) is 4.37. The molecule has 1 aromatic heterocycles. The van der Waals surface area contributed by atoms with E-state index in [-0.39, 0.29) is 5.69 Å². The molecular weight excluding hydrogens is 261 g/mol. The van der Waals surface area contributed by atoms with Gasteiger partial charge >= 0.3 is 5.97 Å². The van der Waals surface area contributed by atoms with Gasteiger partial charge < -0.3 is 10.2 Å². The Labute approximate surface area is 104 Å². The minimum absolute atomic E-state index is 0.0745. The summed E-state index contributed by atoms with van der Waals surface area (Å²) < 4.78 is 14.1. The molecule has 0 spiro atoms. The second-order valence-electron chi connectivity index (χ2n) is 3.54. The van der Waals surface area contributed by atoms with Crippen molar-refractivity contribution in [2.75, 3.05) is 0 Å². The summed E-state index contributed by atoms with van der Waals surface area (Å²) >= 11 is 0. The number of nitrogens with zero attached hydrogens (tertiary/aromatic N) is 3. The van der Waals surface area contributed by atoms with E-state index in [4.69, 9.17) is 5.11 Å². The van der Waals surface area contributed by atoms with Crippen molar-refractivity contribution >= 4 is 11.7 Å². The Morgan fingerprint density at radius 1 is 1.42 bits per heavy atom. The Morgan fingerprint density at radius 2 is 2.11 bits per heavy atom. The molecular formula is C10H6FN3O5. The van der Waals surface area contributed by atoms with Crippen LogP contribution >= 0.6 is 0 Å². The lowest BCUT2D eigenvalue weighted by Gasteiger charge is -2.01. The van der Waals surface area contributed by atoms with Gasteiger partial charge in [-0.1, -0.05) is 0 Å². The number of aromatic carboxylic acids is 1. The van der Waals surface area contributed by atoms with E-state index in [1.54, 1.807) is 0 Å². The molecule has 2 aromatic rings. The van der Waals surface area contributed by atoms with Crippen molar-refractivity contribution in [3.8, 4) is 11.4 Å². The van der Waals surface area contributed by atoms with Gasteiger partial charge in [-0.2, -0.15) is 5.10 Å². The molecule has 0 fully saturated rings. The largest absolute Gasteiger partial charge is 0.504 e. The number of benzene rings is 1. The first-order valence-electron chi connectivity index (χ1n) is 4.86. The van der Waals surface area contributed by atoms with Crippen molar-refractivity contribution in [3.63, 3.8) is 0 Å². The minimum atomic E-state index is -1.47. The predicted octanol–water partition coefficient (Wildman–Crippen LogP) is 1.32. The summed E-state index contributed by atoms with van der Waals surface area (Å²) in [5, 5.41) is 32.1. The monoisotopic (exact) mass is 267 g/mol. The van der Waals surface area contributed by atoms with Gasteiger partial charge in [-0.25, -0.2) is 13.9 Å². The molecule has 0 saturated carbocycles. The number of carboxylic acid groups (broad SMARTS) is 1. The summed E-state index contributed by atoms with van der Waals surface area (Å²) in [7, 11) is 0. The highest BCUT2D eigenvalue weighted by molar-refractivity contribution is 5.88. The van der Waals surface area contributed by atoms with Crippen molar-refractivity contribution in [2.24, 2.45) is 0 Å². The van der Waals surface area contributed by atoms with Crippen LogP contribution in [0.1, 0.15) is 10.5 Å². The molecule has 9 heteroatoms. The lowest BCUT2D eigenvalue weighted by molar-refractivity contribution is -0.385. The normalized spacial score (nSPS) is 10.4. The summed E-state index contributed by atoms with van der Waals surface area (Å²) in [5.41, 5.74) is -1.22. The number of nitro benzene ring substituents is 1. The molecule has 0 unspecified atom stereocenters. The third-order valence-corrected chi connectivity index (χ3v) is 2.24. The first kappa shape index (κ1) is 12.5. The zero-order valence-electron chi connectivity index (χ0n) is 9.15. The van der Waals surface area contributed by atoms with E-state index in [9.17, 15) is 24.4 Å². The van der Waals surface area contributed by atoms with Crippen LogP contribution in [0.25, 0.3) is 5.69 Å². The van der Waals surface area contributed by atoms with E-state index in [0.29, 0.717) is 6.07 Å². The average Bonchev–Trinajstić information content (AvgIpc) is 2.70. The number of non-ortho nitro benzene ring substituents is 1. The predicted molar refractivity (Wildman–Crippen MR) is 58.8 cm³/mol. The maximum atomic E-state index is 13.2. The number of aromatic nitrogens is 2.